The third-order valence-electron chi connectivity index (χ3n) is 4.39. The number of β-amino-alcohol motifs (C(OH)–C–C–N with tert-alkyl or cyclic N) is 1. The number of hydrogen-bond acceptors (Lipinski definition) is 3. The fraction of sp³-hybridized carbons (Fsp3) is 0.471. The van der Waals surface area contributed by atoms with Gasteiger partial charge in [0.05, 0.1) is 12.2 Å². The zero-order chi connectivity index (χ0) is 14.9. The molecule has 1 aromatic heterocycles. The Morgan fingerprint density at radius 1 is 1.19 bits per heavy atom. The van der Waals surface area contributed by atoms with E-state index in [1.165, 1.54) is 5.56 Å². The summed E-state index contributed by atoms with van der Waals surface area (Å²) in [5, 5.41) is 15.4. The molecule has 1 atom stereocenters. The fourth-order valence-electron chi connectivity index (χ4n) is 3.21. The highest BCUT2D eigenvalue weighted by atomic mass is 16.3. The minimum absolute atomic E-state index is 0.703. The first-order chi connectivity index (χ1) is 10.1. The number of aryl methyl sites for hydroxylation is 2. The lowest BCUT2D eigenvalue weighted by atomic mass is 9.89. The van der Waals surface area contributed by atoms with E-state index in [0.717, 1.165) is 37.3 Å². The first kappa shape index (κ1) is 14.3. The van der Waals surface area contributed by atoms with Crippen molar-refractivity contribution in [1.29, 1.82) is 0 Å². The van der Waals surface area contributed by atoms with Crippen molar-refractivity contribution in [1.82, 2.24) is 14.7 Å². The normalized spacial score (nSPS) is 22.8. The maximum absolute atomic E-state index is 11.0. The number of hydrogen-bond donors (Lipinski definition) is 1. The van der Waals surface area contributed by atoms with Gasteiger partial charge in [0.1, 0.15) is 5.60 Å². The molecule has 3 rings (SSSR count). The molecule has 1 aliphatic heterocycles. The molecule has 1 aliphatic rings. The van der Waals surface area contributed by atoms with Crippen molar-refractivity contribution >= 4 is 0 Å². The van der Waals surface area contributed by atoms with Crippen LogP contribution in [-0.2, 0) is 12.1 Å². The zero-order valence-corrected chi connectivity index (χ0v) is 12.8. The molecule has 1 unspecified atom stereocenters. The molecule has 4 nitrogen and oxygen atoms in total. The van der Waals surface area contributed by atoms with Gasteiger partial charge in [-0.05, 0) is 37.5 Å². The Bertz CT molecular complexity index is 622. The molecule has 0 radical (unpaired) electrons. The van der Waals surface area contributed by atoms with E-state index in [4.69, 9.17) is 0 Å². The van der Waals surface area contributed by atoms with Crippen molar-refractivity contribution in [2.24, 2.45) is 0 Å². The number of rotatable bonds is 4. The van der Waals surface area contributed by atoms with Crippen LogP contribution in [0.2, 0.25) is 0 Å². The van der Waals surface area contributed by atoms with Crippen molar-refractivity contribution in [3.05, 3.63) is 53.3 Å². The molecule has 0 spiro atoms. The van der Waals surface area contributed by atoms with E-state index in [1.807, 2.05) is 36.0 Å². The van der Waals surface area contributed by atoms with Crippen LogP contribution in [0.4, 0.5) is 0 Å². The van der Waals surface area contributed by atoms with Gasteiger partial charge in [-0.2, -0.15) is 5.10 Å². The Morgan fingerprint density at radius 2 is 2.00 bits per heavy atom. The lowest BCUT2D eigenvalue weighted by molar-refractivity contribution is 0.0451. The van der Waals surface area contributed by atoms with E-state index >= 15 is 0 Å². The maximum atomic E-state index is 11.0. The molecular formula is C17H23N3O. The van der Waals surface area contributed by atoms with Crippen LogP contribution in [0.25, 0.3) is 0 Å². The summed E-state index contributed by atoms with van der Waals surface area (Å²) < 4.78 is 1.97. The van der Waals surface area contributed by atoms with E-state index in [1.54, 1.807) is 0 Å². The Labute approximate surface area is 126 Å². The summed E-state index contributed by atoms with van der Waals surface area (Å²) in [5.41, 5.74) is 2.59. The van der Waals surface area contributed by atoms with E-state index in [0.29, 0.717) is 6.54 Å². The van der Waals surface area contributed by atoms with Gasteiger partial charge in [0.2, 0.25) is 0 Å². The zero-order valence-electron chi connectivity index (χ0n) is 12.8. The molecule has 1 N–H and O–H groups in total. The SMILES string of the molecule is Cc1ccn(CCN2CCC(O)(c3ccccc3C)C2)n1. The molecule has 2 heterocycles. The molecule has 1 aromatic carbocycles. The van der Waals surface area contributed by atoms with Crippen molar-refractivity contribution in [2.45, 2.75) is 32.4 Å². The highest BCUT2D eigenvalue weighted by Crippen LogP contribution is 2.33. The van der Waals surface area contributed by atoms with E-state index < -0.39 is 5.60 Å². The van der Waals surface area contributed by atoms with Gasteiger partial charge in [-0.3, -0.25) is 9.58 Å². The van der Waals surface area contributed by atoms with Gasteiger partial charge in [-0.1, -0.05) is 24.3 Å². The summed E-state index contributed by atoms with van der Waals surface area (Å²) in [4.78, 5) is 2.32. The van der Waals surface area contributed by atoms with Gasteiger partial charge in [0.25, 0.3) is 0 Å². The minimum atomic E-state index is -0.703. The molecule has 0 bridgehead atoms. The van der Waals surface area contributed by atoms with Gasteiger partial charge in [-0.15, -0.1) is 0 Å². The first-order valence-electron chi connectivity index (χ1n) is 7.58. The van der Waals surface area contributed by atoms with Gasteiger partial charge >= 0.3 is 0 Å². The molecule has 0 amide bonds. The lowest BCUT2D eigenvalue weighted by Crippen LogP contribution is -2.33. The third kappa shape index (κ3) is 3.01. The Balaban J connectivity index is 1.63. The largest absolute Gasteiger partial charge is 0.384 e. The smallest absolute Gasteiger partial charge is 0.104 e. The Hall–Kier alpha value is -1.65. The van der Waals surface area contributed by atoms with Gasteiger partial charge in [0.15, 0.2) is 0 Å². The summed E-state index contributed by atoms with van der Waals surface area (Å²) >= 11 is 0. The number of aliphatic hydroxyl groups is 1. The molecule has 21 heavy (non-hydrogen) atoms. The monoisotopic (exact) mass is 285 g/mol. The average Bonchev–Trinajstić information content (AvgIpc) is 3.04. The molecule has 112 valence electrons. The number of likely N-dealkylation sites (tertiary alicyclic amines) is 1. The molecule has 1 fully saturated rings. The minimum Gasteiger partial charge on any atom is -0.384 e. The van der Waals surface area contributed by atoms with Crippen LogP contribution in [0.15, 0.2) is 36.5 Å². The topological polar surface area (TPSA) is 41.3 Å². The number of aromatic nitrogens is 2. The Morgan fingerprint density at radius 3 is 2.71 bits per heavy atom. The predicted molar refractivity (Wildman–Crippen MR) is 83.1 cm³/mol. The molecule has 2 aromatic rings. The molecule has 0 saturated carbocycles. The summed E-state index contributed by atoms with van der Waals surface area (Å²) in [7, 11) is 0. The second-order valence-corrected chi connectivity index (χ2v) is 6.09. The van der Waals surface area contributed by atoms with Gasteiger partial charge < -0.3 is 5.11 Å². The van der Waals surface area contributed by atoms with E-state index in [9.17, 15) is 5.11 Å². The van der Waals surface area contributed by atoms with Crippen molar-refractivity contribution < 1.29 is 5.11 Å². The first-order valence-corrected chi connectivity index (χ1v) is 7.58. The second-order valence-electron chi connectivity index (χ2n) is 6.09. The summed E-state index contributed by atoms with van der Waals surface area (Å²) in [5.74, 6) is 0. The average molecular weight is 285 g/mol. The highest BCUT2D eigenvalue weighted by Gasteiger charge is 2.38. The second kappa shape index (κ2) is 5.62. The van der Waals surface area contributed by atoms with Crippen LogP contribution in [0, 0.1) is 13.8 Å². The summed E-state index contributed by atoms with van der Waals surface area (Å²) in [6.45, 7) is 7.52. The van der Waals surface area contributed by atoms with Crippen LogP contribution in [-0.4, -0.2) is 39.4 Å². The maximum Gasteiger partial charge on any atom is 0.104 e. The molecule has 0 aliphatic carbocycles. The highest BCUT2D eigenvalue weighted by molar-refractivity contribution is 5.32. The van der Waals surface area contributed by atoms with Crippen LogP contribution in [0.1, 0.15) is 23.2 Å². The van der Waals surface area contributed by atoms with Crippen molar-refractivity contribution in [3.8, 4) is 0 Å². The van der Waals surface area contributed by atoms with Crippen LogP contribution >= 0.6 is 0 Å². The lowest BCUT2D eigenvalue weighted by Gasteiger charge is -2.25. The number of nitrogens with zero attached hydrogens (tertiary/aromatic N) is 3. The summed E-state index contributed by atoms with van der Waals surface area (Å²) in [6, 6.07) is 10.2. The van der Waals surface area contributed by atoms with Crippen LogP contribution < -0.4 is 0 Å². The van der Waals surface area contributed by atoms with Crippen molar-refractivity contribution in [3.63, 3.8) is 0 Å². The standard InChI is InChI=1S/C17H23N3O/c1-14-5-3-4-6-16(14)17(21)8-10-19(13-17)11-12-20-9-7-15(2)18-20/h3-7,9,21H,8,10-13H2,1-2H3. The molecule has 4 heteroatoms. The third-order valence-corrected chi connectivity index (χ3v) is 4.39. The molecular weight excluding hydrogens is 262 g/mol. The fourth-order valence-corrected chi connectivity index (χ4v) is 3.21. The predicted octanol–water partition coefficient (Wildman–Crippen LogP) is 2.09. The van der Waals surface area contributed by atoms with Crippen LogP contribution in [0.3, 0.4) is 0 Å². The van der Waals surface area contributed by atoms with E-state index in [-0.39, 0.29) is 0 Å². The van der Waals surface area contributed by atoms with Gasteiger partial charge in [0, 0.05) is 25.8 Å². The number of benzene rings is 1. The van der Waals surface area contributed by atoms with E-state index in [2.05, 4.69) is 29.1 Å². The van der Waals surface area contributed by atoms with Crippen molar-refractivity contribution in [2.75, 3.05) is 19.6 Å². The van der Waals surface area contributed by atoms with Crippen LogP contribution in [0.5, 0.6) is 0 Å². The van der Waals surface area contributed by atoms with Gasteiger partial charge in [-0.25, -0.2) is 0 Å². The molecule has 1 saturated heterocycles. The summed E-state index contributed by atoms with van der Waals surface area (Å²) in [6.07, 6.45) is 2.81. The Kier molecular flexibility index (Phi) is 3.83. The quantitative estimate of drug-likeness (QED) is 0.935.